The van der Waals surface area contributed by atoms with Crippen LogP contribution < -0.4 is 5.32 Å². The van der Waals surface area contributed by atoms with Crippen LogP contribution in [-0.2, 0) is 0 Å². The molecule has 0 aliphatic heterocycles. The molecule has 5 nitrogen and oxygen atoms in total. The van der Waals surface area contributed by atoms with Crippen molar-refractivity contribution in [2.24, 2.45) is 5.92 Å². The van der Waals surface area contributed by atoms with Crippen molar-refractivity contribution < 1.29 is 15.0 Å². The normalized spacial score (nSPS) is 22.4. The van der Waals surface area contributed by atoms with Crippen LogP contribution in [0.3, 0.4) is 0 Å². The van der Waals surface area contributed by atoms with Gasteiger partial charge in [0.1, 0.15) is 11.5 Å². The Bertz CT molecular complexity index is 507. The lowest BCUT2D eigenvalue weighted by Gasteiger charge is -2.16. The molecule has 0 radical (unpaired) electrons. The van der Waals surface area contributed by atoms with Gasteiger partial charge in [0.15, 0.2) is 0 Å². The van der Waals surface area contributed by atoms with Crippen LogP contribution in [0.15, 0.2) is 18.2 Å². The number of carbonyl (C=O) groups excluding carboxylic acids is 1. The molecule has 1 aliphatic rings. The number of rotatable bonds is 2. The second-order valence-electron chi connectivity index (χ2n) is 4.45. The number of hydrogen-bond acceptors (Lipinski definition) is 4. The van der Waals surface area contributed by atoms with E-state index in [0.717, 1.165) is 25.3 Å². The van der Waals surface area contributed by atoms with Crippen molar-refractivity contribution in [3.05, 3.63) is 23.8 Å². The highest BCUT2D eigenvalue weighted by atomic mass is 16.3. The third-order valence-electron chi connectivity index (χ3n) is 3.22. The Morgan fingerprint density at radius 1 is 1.39 bits per heavy atom. The van der Waals surface area contributed by atoms with E-state index in [-0.39, 0.29) is 29.0 Å². The molecule has 94 valence electrons. The van der Waals surface area contributed by atoms with Gasteiger partial charge in [-0.3, -0.25) is 4.79 Å². The van der Waals surface area contributed by atoms with Crippen molar-refractivity contribution in [3.8, 4) is 17.6 Å². The van der Waals surface area contributed by atoms with Gasteiger partial charge in [-0.1, -0.05) is 0 Å². The minimum absolute atomic E-state index is 0.0974. The molecule has 1 saturated carbocycles. The molecule has 1 aromatic carbocycles. The van der Waals surface area contributed by atoms with Gasteiger partial charge in [0.2, 0.25) is 0 Å². The maximum Gasteiger partial charge on any atom is 0.255 e. The van der Waals surface area contributed by atoms with Crippen LogP contribution in [0.5, 0.6) is 11.5 Å². The van der Waals surface area contributed by atoms with E-state index in [4.69, 9.17) is 10.4 Å². The standard InChI is InChI=1S/C13H14N2O3/c14-7-8-2-1-3-11(8)15-13(18)10-5-4-9(16)6-12(10)17/h4-6,8,11,16-17H,1-3H2,(H,15,18). The van der Waals surface area contributed by atoms with E-state index in [9.17, 15) is 9.90 Å². The number of nitrogens with one attached hydrogen (secondary N) is 1. The first kappa shape index (κ1) is 12.2. The van der Waals surface area contributed by atoms with Gasteiger partial charge < -0.3 is 15.5 Å². The van der Waals surface area contributed by atoms with Crippen LogP contribution in [0.2, 0.25) is 0 Å². The summed E-state index contributed by atoms with van der Waals surface area (Å²) in [6, 6.07) is 5.83. The first-order chi connectivity index (χ1) is 8.61. The topological polar surface area (TPSA) is 93.4 Å². The fourth-order valence-electron chi connectivity index (χ4n) is 2.25. The summed E-state index contributed by atoms with van der Waals surface area (Å²) >= 11 is 0. The van der Waals surface area contributed by atoms with E-state index >= 15 is 0 Å². The molecule has 0 aromatic heterocycles. The zero-order valence-corrected chi connectivity index (χ0v) is 9.76. The van der Waals surface area contributed by atoms with E-state index in [1.807, 2.05) is 0 Å². The Kier molecular flexibility index (Phi) is 3.38. The molecule has 1 amide bonds. The average Bonchev–Trinajstić information content (AvgIpc) is 2.76. The Morgan fingerprint density at radius 2 is 2.17 bits per heavy atom. The highest BCUT2D eigenvalue weighted by molar-refractivity contribution is 5.97. The third-order valence-corrected chi connectivity index (χ3v) is 3.22. The summed E-state index contributed by atoms with van der Waals surface area (Å²) in [7, 11) is 0. The van der Waals surface area contributed by atoms with Gasteiger partial charge in [-0.25, -0.2) is 0 Å². The summed E-state index contributed by atoms with van der Waals surface area (Å²) in [5, 5.41) is 30.4. The highest BCUT2D eigenvalue weighted by Crippen LogP contribution is 2.27. The summed E-state index contributed by atoms with van der Waals surface area (Å²) in [6.45, 7) is 0. The van der Waals surface area contributed by atoms with E-state index < -0.39 is 5.91 Å². The second kappa shape index (κ2) is 4.96. The van der Waals surface area contributed by atoms with Crippen molar-refractivity contribution in [1.29, 1.82) is 5.26 Å². The van der Waals surface area contributed by atoms with Gasteiger partial charge in [0.25, 0.3) is 5.91 Å². The Morgan fingerprint density at radius 3 is 2.83 bits per heavy atom. The molecule has 2 atom stereocenters. The third kappa shape index (κ3) is 2.38. The lowest BCUT2D eigenvalue weighted by Crippen LogP contribution is -2.36. The quantitative estimate of drug-likeness (QED) is 0.737. The molecular formula is C13H14N2O3. The lowest BCUT2D eigenvalue weighted by atomic mass is 10.0. The first-order valence-corrected chi connectivity index (χ1v) is 5.84. The molecule has 5 heteroatoms. The van der Waals surface area contributed by atoms with E-state index in [2.05, 4.69) is 11.4 Å². The number of amides is 1. The summed E-state index contributed by atoms with van der Waals surface area (Å²) < 4.78 is 0. The van der Waals surface area contributed by atoms with Crippen LogP contribution in [0.4, 0.5) is 0 Å². The number of nitrogens with zero attached hydrogens (tertiary/aromatic N) is 1. The lowest BCUT2D eigenvalue weighted by molar-refractivity contribution is 0.0930. The van der Waals surface area contributed by atoms with Gasteiger partial charge >= 0.3 is 0 Å². The Balaban J connectivity index is 2.10. The van der Waals surface area contributed by atoms with E-state index in [1.54, 1.807) is 0 Å². The van der Waals surface area contributed by atoms with E-state index in [0.29, 0.717) is 0 Å². The van der Waals surface area contributed by atoms with Crippen LogP contribution in [0.1, 0.15) is 29.6 Å². The van der Waals surface area contributed by atoms with Crippen molar-refractivity contribution in [3.63, 3.8) is 0 Å². The first-order valence-electron chi connectivity index (χ1n) is 5.84. The number of benzene rings is 1. The minimum Gasteiger partial charge on any atom is -0.508 e. The number of phenolic OH excluding ortho intramolecular Hbond substituents is 2. The van der Waals surface area contributed by atoms with Crippen molar-refractivity contribution in [1.82, 2.24) is 5.32 Å². The molecule has 0 bridgehead atoms. The summed E-state index contributed by atoms with van der Waals surface area (Å²) in [5.41, 5.74) is 0.108. The minimum atomic E-state index is -0.417. The Hall–Kier alpha value is -2.22. The molecule has 18 heavy (non-hydrogen) atoms. The predicted octanol–water partition coefficient (Wildman–Crippen LogP) is 1.52. The van der Waals surface area contributed by atoms with Crippen LogP contribution >= 0.6 is 0 Å². The van der Waals surface area contributed by atoms with Crippen LogP contribution in [-0.4, -0.2) is 22.2 Å². The van der Waals surface area contributed by atoms with Crippen LogP contribution in [0, 0.1) is 17.2 Å². The molecule has 1 aromatic rings. The van der Waals surface area contributed by atoms with Gasteiger partial charge in [0, 0.05) is 12.1 Å². The van der Waals surface area contributed by atoms with Gasteiger partial charge in [-0.2, -0.15) is 5.26 Å². The van der Waals surface area contributed by atoms with Crippen LogP contribution in [0.25, 0.3) is 0 Å². The molecular weight excluding hydrogens is 232 g/mol. The van der Waals surface area contributed by atoms with Gasteiger partial charge in [-0.15, -0.1) is 0 Å². The van der Waals surface area contributed by atoms with Crippen molar-refractivity contribution in [2.45, 2.75) is 25.3 Å². The summed E-state index contributed by atoms with van der Waals surface area (Å²) in [4.78, 5) is 11.9. The number of phenols is 2. The smallest absolute Gasteiger partial charge is 0.255 e. The number of nitriles is 1. The van der Waals surface area contributed by atoms with Gasteiger partial charge in [0.05, 0.1) is 17.6 Å². The average molecular weight is 246 g/mol. The SMILES string of the molecule is N#CC1CCCC1NC(=O)c1ccc(O)cc1O. The summed E-state index contributed by atoms with van der Waals surface area (Å²) in [6.07, 6.45) is 2.50. The zero-order valence-electron chi connectivity index (χ0n) is 9.76. The monoisotopic (exact) mass is 246 g/mol. The molecule has 0 saturated heterocycles. The molecule has 0 heterocycles. The number of carbonyl (C=O) groups is 1. The summed E-state index contributed by atoms with van der Waals surface area (Å²) in [5.74, 6) is -0.938. The maximum atomic E-state index is 11.9. The Labute approximate surface area is 105 Å². The van der Waals surface area contributed by atoms with Crippen molar-refractivity contribution >= 4 is 5.91 Å². The number of aromatic hydroxyl groups is 2. The predicted molar refractivity (Wildman–Crippen MR) is 64.0 cm³/mol. The van der Waals surface area contributed by atoms with Gasteiger partial charge in [-0.05, 0) is 31.4 Å². The molecule has 0 spiro atoms. The van der Waals surface area contributed by atoms with E-state index in [1.165, 1.54) is 12.1 Å². The molecule has 1 fully saturated rings. The molecule has 1 aliphatic carbocycles. The molecule has 2 rings (SSSR count). The fraction of sp³-hybridized carbons (Fsp3) is 0.385. The molecule has 3 N–H and O–H groups in total. The highest BCUT2D eigenvalue weighted by Gasteiger charge is 2.29. The zero-order chi connectivity index (χ0) is 13.1. The largest absolute Gasteiger partial charge is 0.508 e. The van der Waals surface area contributed by atoms with Crippen molar-refractivity contribution in [2.75, 3.05) is 0 Å². The second-order valence-corrected chi connectivity index (χ2v) is 4.45. The maximum absolute atomic E-state index is 11.9. The number of hydrogen-bond donors (Lipinski definition) is 3. The molecule has 2 unspecified atom stereocenters. The fourth-order valence-corrected chi connectivity index (χ4v) is 2.25.